The average molecular weight is 277 g/mol. The molecule has 7 heteroatoms. The summed E-state index contributed by atoms with van der Waals surface area (Å²) in [5, 5.41) is 0. The molecule has 0 saturated carbocycles. The molecule has 2 nitrogen and oxygen atoms in total. The molecular weight excluding hydrogens is 274 g/mol. The van der Waals surface area contributed by atoms with E-state index in [1.165, 1.54) is 6.07 Å². The highest BCUT2D eigenvalue weighted by molar-refractivity contribution is 9.11. The first-order chi connectivity index (χ1) is 5.44. The molecule has 0 bridgehead atoms. The molecule has 1 rings (SSSR count). The van der Waals surface area contributed by atoms with Crippen LogP contribution in [0.25, 0.3) is 0 Å². The Labute approximate surface area is 80.3 Å². The Bertz CT molecular complexity index is 371. The summed E-state index contributed by atoms with van der Waals surface area (Å²) in [6.45, 7) is 0. The van der Waals surface area contributed by atoms with E-state index in [4.69, 9.17) is 0 Å². The van der Waals surface area contributed by atoms with Crippen LogP contribution in [0.15, 0.2) is 20.1 Å². The lowest BCUT2D eigenvalue weighted by Crippen LogP contribution is -2.09. The highest BCUT2D eigenvalue weighted by Crippen LogP contribution is 2.29. The van der Waals surface area contributed by atoms with Crippen LogP contribution >= 0.6 is 27.3 Å². The van der Waals surface area contributed by atoms with E-state index in [9.17, 15) is 17.2 Å². The molecule has 0 aliphatic carbocycles. The standard InChI is InChI=1S/C5H3BrF2O2S2/c6-3-1-2-4(11-3)12(9,10)5(7)8/h1-2,5H. The van der Waals surface area contributed by atoms with Gasteiger partial charge < -0.3 is 0 Å². The molecule has 0 aliphatic rings. The molecule has 0 fully saturated rings. The zero-order valence-corrected chi connectivity index (χ0v) is 8.72. The molecule has 0 amide bonds. The lowest BCUT2D eigenvalue weighted by molar-refractivity contribution is 0.235. The van der Waals surface area contributed by atoms with Gasteiger partial charge in [0.05, 0.1) is 3.79 Å². The maximum absolute atomic E-state index is 11.9. The van der Waals surface area contributed by atoms with Gasteiger partial charge in [0.1, 0.15) is 4.21 Å². The Morgan fingerprint density at radius 2 is 2.00 bits per heavy atom. The van der Waals surface area contributed by atoms with E-state index in [-0.39, 0.29) is 4.21 Å². The van der Waals surface area contributed by atoms with Crippen molar-refractivity contribution in [3.8, 4) is 0 Å². The SMILES string of the molecule is O=S(=O)(c1ccc(Br)s1)C(F)F. The van der Waals surface area contributed by atoms with Crippen LogP contribution in [-0.2, 0) is 9.84 Å². The number of rotatable bonds is 2. The van der Waals surface area contributed by atoms with Crippen LogP contribution in [0.1, 0.15) is 0 Å². The first-order valence-electron chi connectivity index (χ1n) is 2.72. The smallest absolute Gasteiger partial charge is 0.217 e. The van der Waals surface area contributed by atoms with Gasteiger partial charge >= 0.3 is 5.76 Å². The number of sulfone groups is 1. The average Bonchev–Trinajstić information content (AvgIpc) is 2.35. The van der Waals surface area contributed by atoms with Gasteiger partial charge in [0.15, 0.2) is 0 Å². The Kier molecular flexibility index (Phi) is 2.84. The number of thiophene rings is 1. The van der Waals surface area contributed by atoms with E-state index in [0.717, 1.165) is 17.4 Å². The van der Waals surface area contributed by atoms with Crippen LogP contribution in [0.5, 0.6) is 0 Å². The molecule has 68 valence electrons. The summed E-state index contributed by atoms with van der Waals surface area (Å²) in [6.07, 6.45) is 0. The van der Waals surface area contributed by atoms with E-state index in [2.05, 4.69) is 15.9 Å². The van der Waals surface area contributed by atoms with E-state index >= 15 is 0 Å². The molecule has 1 heterocycles. The molecule has 0 aliphatic heterocycles. The Morgan fingerprint density at radius 1 is 1.42 bits per heavy atom. The number of halogens is 3. The lowest BCUT2D eigenvalue weighted by atomic mass is 10.7. The maximum atomic E-state index is 11.9. The van der Waals surface area contributed by atoms with Gasteiger partial charge in [-0.05, 0) is 28.1 Å². The molecule has 0 radical (unpaired) electrons. The molecule has 0 saturated heterocycles. The normalized spacial score (nSPS) is 12.3. The molecule has 12 heavy (non-hydrogen) atoms. The van der Waals surface area contributed by atoms with Crippen molar-refractivity contribution in [2.75, 3.05) is 0 Å². The van der Waals surface area contributed by atoms with E-state index in [1.54, 1.807) is 0 Å². The molecule has 1 aromatic heterocycles. The van der Waals surface area contributed by atoms with Gasteiger partial charge in [-0.2, -0.15) is 8.78 Å². The first kappa shape index (κ1) is 10.1. The number of alkyl halides is 2. The predicted molar refractivity (Wildman–Crippen MR) is 45.2 cm³/mol. The van der Waals surface area contributed by atoms with E-state index in [1.807, 2.05) is 0 Å². The van der Waals surface area contributed by atoms with Crippen molar-refractivity contribution in [1.82, 2.24) is 0 Å². The van der Waals surface area contributed by atoms with Gasteiger partial charge in [-0.25, -0.2) is 8.42 Å². The summed E-state index contributed by atoms with van der Waals surface area (Å²) in [5.41, 5.74) is 0. The fourth-order valence-electron chi connectivity index (χ4n) is 0.538. The van der Waals surface area contributed by atoms with Crippen molar-refractivity contribution in [3.63, 3.8) is 0 Å². The van der Waals surface area contributed by atoms with Gasteiger partial charge in [0, 0.05) is 0 Å². The van der Waals surface area contributed by atoms with Gasteiger partial charge in [-0.15, -0.1) is 11.3 Å². The van der Waals surface area contributed by atoms with Crippen molar-refractivity contribution < 1.29 is 17.2 Å². The highest BCUT2D eigenvalue weighted by atomic mass is 79.9. The summed E-state index contributed by atoms with van der Waals surface area (Å²) in [6, 6.07) is 2.57. The first-order valence-corrected chi connectivity index (χ1v) is 5.87. The van der Waals surface area contributed by atoms with Crippen molar-refractivity contribution in [1.29, 1.82) is 0 Å². The summed E-state index contributed by atoms with van der Waals surface area (Å²) in [5.74, 6) is -3.34. The fraction of sp³-hybridized carbons (Fsp3) is 0.200. The van der Waals surface area contributed by atoms with Gasteiger partial charge in [0.25, 0.3) is 0 Å². The lowest BCUT2D eigenvalue weighted by Gasteiger charge is -1.96. The van der Waals surface area contributed by atoms with Crippen LogP contribution in [-0.4, -0.2) is 14.2 Å². The molecule has 0 atom stereocenters. The van der Waals surface area contributed by atoms with Crippen LogP contribution in [0.2, 0.25) is 0 Å². The minimum absolute atomic E-state index is 0.315. The summed E-state index contributed by atoms with van der Waals surface area (Å²) in [4.78, 5) is 0. The molecular formula is C5H3BrF2O2S2. The fourth-order valence-corrected chi connectivity index (χ4v) is 3.37. The monoisotopic (exact) mass is 276 g/mol. The van der Waals surface area contributed by atoms with Gasteiger partial charge in [-0.1, -0.05) is 0 Å². The Morgan fingerprint density at radius 3 is 2.33 bits per heavy atom. The minimum Gasteiger partial charge on any atom is -0.217 e. The Hall–Kier alpha value is -0.0100. The third kappa shape index (κ3) is 1.83. The molecule has 0 N–H and O–H groups in total. The maximum Gasteiger partial charge on any atom is 0.341 e. The van der Waals surface area contributed by atoms with Crippen LogP contribution in [0.3, 0.4) is 0 Å². The van der Waals surface area contributed by atoms with E-state index < -0.39 is 15.6 Å². The third-order valence-electron chi connectivity index (χ3n) is 1.06. The Balaban J connectivity index is 3.15. The van der Waals surface area contributed by atoms with E-state index in [0.29, 0.717) is 3.79 Å². The zero-order chi connectivity index (χ0) is 9.35. The topological polar surface area (TPSA) is 34.1 Å². The summed E-state index contributed by atoms with van der Waals surface area (Å²) >= 11 is 3.75. The summed E-state index contributed by atoms with van der Waals surface area (Å²) in [7, 11) is -4.40. The minimum atomic E-state index is -4.40. The number of hydrogen-bond donors (Lipinski definition) is 0. The van der Waals surface area contributed by atoms with Crippen molar-refractivity contribution in [2.24, 2.45) is 0 Å². The molecule has 1 aromatic rings. The highest BCUT2D eigenvalue weighted by Gasteiger charge is 2.27. The van der Waals surface area contributed by atoms with Crippen LogP contribution in [0.4, 0.5) is 8.78 Å². The van der Waals surface area contributed by atoms with Crippen LogP contribution < -0.4 is 0 Å². The van der Waals surface area contributed by atoms with Crippen LogP contribution in [0, 0.1) is 0 Å². The largest absolute Gasteiger partial charge is 0.341 e. The molecule has 0 spiro atoms. The zero-order valence-electron chi connectivity index (χ0n) is 5.50. The second-order valence-electron chi connectivity index (χ2n) is 1.86. The third-order valence-corrected chi connectivity index (χ3v) is 4.59. The van der Waals surface area contributed by atoms with Crippen molar-refractivity contribution >= 4 is 37.1 Å². The second kappa shape index (κ2) is 3.39. The van der Waals surface area contributed by atoms with Gasteiger partial charge in [-0.3, -0.25) is 0 Å². The number of hydrogen-bond acceptors (Lipinski definition) is 3. The molecule has 0 unspecified atom stereocenters. The predicted octanol–water partition coefficient (Wildman–Crippen LogP) is 2.51. The summed E-state index contributed by atoms with van der Waals surface area (Å²) < 4.78 is 45.6. The van der Waals surface area contributed by atoms with Gasteiger partial charge in [0.2, 0.25) is 9.84 Å². The quantitative estimate of drug-likeness (QED) is 0.832. The second-order valence-corrected chi connectivity index (χ2v) is 6.47. The molecule has 0 aromatic carbocycles. The van der Waals surface area contributed by atoms with Crippen molar-refractivity contribution in [3.05, 3.63) is 15.9 Å². The van der Waals surface area contributed by atoms with Crippen molar-refractivity contribution in [2.45, 2.75) is 9.97 Å².